The van der Waals surface area contributed by atoms with E-state index in [4.69, 9.17) is 11.6 Å². The summed E-state index contributed by atoms with van der Waals surface area (Å²) in [5.41, 5.74) is 0.156. The molecule has 0 unspecified atom stereocenters. The molecule has 0 fully saturated rings. The molecule has 0 saturated heterocycles. The number of sulfonamides is 1. The molecule has 134 valence electrons. The molecular formula is C16H15ClF2N2O3S. The first-order chi connectivity index (χ1) is 11.6. The van der Waals surface area contributed by atoms with Gasteiger partial charge in [-0.05, 0) is 36.8 Å². The van der Waals surface area contributed by atoms with Gasteiger partial charge in [0.1, 0.15) is 12.2 Å². The maximum atomic E-state index is 13.9. The molecular weight excluding hydrogens is 374 g/mol. The van der Waals surface area contributed by atoms with Crippen LogP contribution in [0.4, 0.5) is 20.2 Å². The zero-order valence-corrected chi connectivity index (χ0v) is 15.0. The number of nitrogens with zero attached hydrogens (tertiary/aromatic N) is 1. The van der Waals surface area contributed by atoms with Crippen molar-refractivity contribution in [3.63, 3.8) is 0 Å². The van der Waals surface area contributed by atoms with Crippen LogP contribution in [-0.2, 0) is 14.8 Å². The van der Waals surface area contributed by atoms with Crippen molar-refractivity contribution in [3.8, 4) is 0 Å². The second kappa shape index (κ2) is 7.37. The van der Waals surface area contributed by atoms with Gasteiger partial charge in [0, 0.05) is 10.7 Å². The maximum absolute atomic E-state index is 13.9. The number of anilines is 2. The predicted molar refractivity (Wildman–Crippen MR) is 93.4 cm³/mol. The molecule has 0 aliphatic rings. The van der Waals surface area contributed by atoms with Gasteiger partial charge in [-0.2, -0.15) is 0 Å². The average molecular weight is 389 g/mol. The number of carbonyl (C=O) groups excluding carboxylic acids is 1. The molecule has 2 aromatic rings. The van der Waals surface area contributed by atoms with Gasteiger partial charge in [0.25, 0.3) is 0 Å². The second-order valence-corrected chi connectivity index (χ2v) is 7.61. The lowest BCUT2D eigenvalue weighted by atomic mass is 10.2. The summed E-state index contributed by atoms with van der Waals surface area (Å²) < 4.78 is 52.1. The Bertz CT molecular complexity index is 899. The van der Waals surface area contributed by atoms with E-state index < -0.39 is 39.8 Å². The predicted octanol–water partition coefficient (Wildman–Crippen LogP) is 3.33. The number of rotatable bonds is 5. The van der Waals surface area contributed by atoms with Gasteiger partial charge in [0.15, 0.2) is 11.6 Å². The molecule has 2 rings (SSSR count). The smallest absolute Gasteiger partial charge is 0.245 e. The number of amides is 1. The highest BCUT2D eigenvalue weighted by Crippen LogP contribution is 2.26. The Kier molecular flexibility index (Phi) is 5.64. The highest BCUT2D eigenvalue weighted by Gasteiger charge is 2.26. The molecule has 0 saturated carbocycles. The van der Waals surface area contributed by atoms with Gasteiger partial charge in [-0.1, -0.05) is 23.7 Å². The van der Waals surface area contributed by atoms with Crippen LogP contribution in [0.25, 0.3) is 0 Å². The standard InChI is InChI=1S/C16H15ClF2N2O3S/c1-10-11(17)5-3-8-14(10)20-15(22)9-21(25(2,23)24)16-12(18)6-4-7-13(16)19/h3-8H,9H2,1-2H3,(H,20,22). The molecule has 9 heteroatoms. The Labute approximate surface area is 149 Å². The first-order valence-electron chi connectivity index (χ1n) is 7.08. The number of para-hydroxylation sites is 1. The fourth-order valence-corrected chi connectivity index (χ4v) is 3.18. The average Bonchev–Trinajstić information content (AvgIpc) is 2.49. The van der Waals surface area contributed by atoms with Crippen LogP contribution in [0.15, 0.2) is 36.4 Å². The number of hydrogen-bond donors (Lipinski definition) is 1. The van der Waals surface area contributed by atoms with E-state index in [9.17, 15) is 22.0 Å². The van der Waals surface area contributed by atoms with Crippen molar-refractivity contribution >= 4 is 38.9 Å². The zero-order valence-electron chi connectivity index (χ0n) is 13.4. The van der Waals surface area contributed by atoms with Gasteiger partial charge in [-0.3, -0.25) is 9.10 Å². The van der Waals surface area contributed by atoms with Crippen LogP contribution < -0.4 is 9.62 Å². The van der Waals surface area contributed by atoms with Crippen LogP contribution in [0.2, 0.25) is 5.02 Å². The van der Waals surface area contributed by atoms with Crippen molar-refractivity contribution in [3.05, 3.63) is 58.6 Å². The SMILES string of the molecule is Cc1c(Cl)cccc1NC(=O)CN(c1c(F)cccc1F)S(C)(=O)=O. The summed E-state index contributed by atoms with van der Waals surface area (Å²) in [5, 5.41) is 2.90. The van der Waals surface area contributed by atoms with E-state index in [2.05, 4.69) is 5.32 Å². The number of benzene rings is 2. The van der Waals surface area contributed by atoms with E-state index >= 15 is 0 Å². The number of nitrogens with one attached hydrogen (secondary N) is 1. The van der Waals surface area contributed by atoms with Crippen molar-refractivity contribution in [2.75, 3.05) is 22.4 Å². The van der Waals surface area contributed by atoms with E-state index in [1.54, 1.807) is 25.1 Å². The van der Waals surface area contributed by atoms with E-state index in [0.29, 0.717) is 20.6 Å². The van der Waals surface area contributed by atoms with Gasteiger partial charge in [-0.25, -0.2) is 17.2 Å². The molecule has 1 N–H and O–H groups in total. The van der Waals surface area contributed by atoms with E-state index in [1.807, 2.05) is 0 Å². The van der Waals surface area contributed by atoms with Gasteiger partial charge >= 0.3 is 0 Å². The van der Waals surface area contributed by atoms with Crippen molar-refractivity contribution in [2.24, 2.45) is 0 Å². The summed E-state index contributed by atoms with van der Waals surface area (Å²) in [6.45, 7) is 0.880. The minimum Gasteiger partial charge on any atom is -0.324 e. The van der Waals surface area contributed by atoms with Crippen LogP contribution in [-0.4, -0.2) is 27.1 Å². The Hall–Kier alpha value is -2.19. The number of carbonyl (C=O) groups is 1. The minimum atomic E-state index is -4.10. The second-order valence-electron chi connectivity index (χ2n) is 5.30. The molecule has 0 aliphatic carbocycles. The van der Waals surface area contributed by atoms with Crippen molar-refractivity contribution in [2.45, 2.75) is 6.92 Å². The Morgan fingerprint density at radius 1 is 1.16 bits per heavy atom. The fourth-order valence-electron chi connectivity index (χ4n) is 2.15. The molecule has 0 spiro atoms. The molecule has 2 aromatic carbocycles. The van der Waals surface area contributed by atoms with Crippen molar-refractivity contribution in [1.29, 1.82) is 0 Å². The Balaban J connectivity index is 2.33. The number of halogens is 3. The van der Waals surface area contributed by atoms with Crippen LogP contribution in [0.5, 0.6) is 0 Å². The summed E-state index contributed by atoms with van der Waals surface area (Å²) in [6.07, 6.45) is 0.761. The molecule has 0 aromatic heterocycles. The van der Waals surface area contributed by atoms with E-state index in [1.165, 1.54) is 0 Å². The summed E-state index contributed by atoms with van der Waals surface area (Å²) in [4.78, 5) is 12.2. The molecule has 0 atom stereocenters. The zero-order chi connectivity index (χ0) is 18.8. The molecule has 0 heterocycles. The minimum absolute atomic E-state index is 0.375. The van der Waals surface area contributed by atoms with E-state index in [0.717, 1.165) is 24.5 Å². The van der Waals surface area contributed by atoms with Crippen LogP contribution >= 0.6 is 11.6 Å². The molecule has 25 heavy (non-hydrogen) atoms. The van der Waals surface area contributed by atoms with Crippen molar-refractivity contribution < 1.29 is 22.0 Å². The first kappa shape index (κ1) is 19.1. The molecule has 1 amide bonds. The third kappa shape index (κ3) is 4.46. The maximum Gasteiger partial charge on any atom is 0.245 e. The van der Waals surface area contributed by atoms with Gasteiger partial charge in [0.05, 0.1) is 6.26 Å². The van der Waals surface area contributed by atoms with Crippen LogP contribution in [0, 0.1) is 18.6 Å². The fraction of sp³-hybridized carbons (Fsp3) is 0.188. The largest absolute Gasteiger partial charge is 0.324 e. The third-order valence-electron chi connectivity index (χ3n) is 3.42. The summed E-state index contributed by atoms with van der Waals surface area (Å²) in [6, 6.07) is 7.74. The van der Waals surface area contributed by atoms with Gasteiger partial charge in [0.2, 0.25) is 15.9 Å². The summed E-state index contributed by atoms with van der Waals surface area (Å²) in [5.74, 6) is -2.94. The number of hydrogen-bond acceptors (Lipinski definition) is 3. The van der Waals surface area contributed by atoms with Crippen LogP contribution in [0.3, 0.4) is 0 Å². The highest BCUT2D eigenvalue weighted by molar-refractivity contribution is 7.92. The lowest BCUT2D eigenvalue weighted by Crippen LogP contribution is -2.38. The topological polar surface area (TPSA) is 66.5 Å². The third-order valence-corrected chi connectivity index (χ3v) is 4.94. The monoisotopic (exact) mass is 388 g/mol. The summed E-state index contributed by atoms with van der Waals surface area (Å²) in [7, 11) is -4.10. The Morgan fingerprint density at radius 2 is 1.72 bits per heavy atom. The molecule has 5 nitrogen and oxygen atoms in total. The first-order valence-corrected chi connectivity index (χ1v) is 9.30. The van der Waals surface area contributed by atoms with Crippen molar-refractivity contribution in [1.82, 2.24) is 0 Å². The quantitative estimate of drug-likeness (QED) is 0.854. The normalized spacial score (nSPS) is 11.2. The van der Waals surface area contributed by atoms with E-state index in [-0.39, 0.29) is 0 Å². The molecule has 0 bridgehead atoms. The molecule has 0 aliphatic heterocycles. The lowest BCUT2D eigenvalue weighted by molar-refractivity contribution is -0.114. The Morgan fingerprint density at radius 3 is 2.28 bits per heavy atom. The van der Waals surface area contributed by atoms with Gasteiger partial charge in [-0.15, -0.1) is 0 Å². The van der Waals surface area contributed by atoms with Crippen LogP contribution in [0.1, 0.15) is 5.56 Å². The lowest BCUT2D eigenvalue weighted by Gasteiger charge is -2.23. The molecule has 0 radical (unpaired) electrons. The summed E-state index contributed by atoms with van der Waals surface area (Å²) >= 11 is 5.96. The van der Waals surface area contributed by atoms with Gasteiger partial charge < -0.3 is 5.32 Å². The highest BCUT2D eigenvalue weighted by atomic mass is 35.5.